The molecular formula is C46H31NO. The lowest BCUT2D eigenvalue weighted by Crippen LogP contribution is -2.12. The number of hydrogen-bond acceptors (Lipinski definition) is 2. The molecule has 0 fully saturated rings. The molecule has 0 saturated heterocycles. The molecule has 2 nitrogen and oxygen atoms in total. The molecular weight excluding hydrogens is 583 g/mol. The van der Waals surface area contributed by atoms with Gasteiger partial charge in [-0.3, -0.25) is 0 Å². The van der Waals surface area contributed by atoms with Crippen LogP contribution < -0.4 is 4.90 Å². The van der Waals surface area contributed by atoms with Gasteiger partial charge in [0, 0.05) is 33.2 Å². The second kappa shape index (κ2) is 11.8. The number of rotatable bonds is 6. The van der Waals surface area contributed by atoms with E-state index in [1.54, 1.807) is 0 Å². The van der Waals surface area contributed by atoms with Gasteiger partial charge in [0.05, 0.1) is 11.4 Å². The quantitative estimate of drug-likeness (QED) is 0.185. The molecule has 0 aliphatic heterocycles. The first-order valence-electron chi connectivity index (χ1n) is 16.4. The SMILES string of the molecule is c1ccc(-c2ccc(N(c3ccccc3-c3cccc4ccccc34)c3ccccc3-c3cccc4c3oc3ccccc34)cc2)cc1. The molecule has 48 heavy (non-hydrogen) atoms. The Hall–Kier alpha value is -6.38. The monoisotopic (exact) mass is 613 g/mol. The third-order valence-electron chi connectivity index (χ3n) is 9.30. The van der Waals surface area contributed by atoms with Gasteiger partial charge in [0.2, 0.25) is 0 Å². The van der Waals surface area contributed by atoms with Crippen LogP contribution in [0.25, 0.3) is 66.1 Å². The van der Waals surface area contributed by atoms with E-state index in [9.17, 15) is 0 Å². The predicted octanol–water partition coefficient (Wildman–Crippen LogP) is 13.2. The van der Waals surface area contributed by atoms with Gasteiger partial charge < -0.3 is 9.32 Å². The molecule has 0 unspecified atom stereocenters. The van der Waals surface area contributed by atoms with Crippen molar-refractivity contribution in [2.75, 3.05) is 4.90 Å². The summed E-state index contributed by atoms with van der Waals surface area (Å²) >= 11 is 0. The van der Waals surface area contributed by atoms with E-state index >= 15 is 0 Å². The number of fused-ring (bicyclic) bond motifs is 4. The van der Waals surface area contributed by atoms with Crippen LogP contribution in [0.15, 0.2) is 192 Å². The van der Waals surface area contributed by atoms with Crippen molar-refractivity contribution in [3.63, 3.8) is 0 Å². The summed E-state index contributed by atoms with van der Waals surface area (Å²) in [5.41, 5.74) is 12.0. The molecule has 1 aromatic heterocycles. The van der Waals surface area contributed by atoms with Crippen LogP contribution in [0.1, 0.15) is 0 Å². The average molecular weight is 614 g/mol. The van der Waals surface area contributed by atoms with E-state index in [1.807, 2.05) is 12.1 Å². The summed E-state index contributed by atoms with van der Waals surface area (Å²) in [4.78, 5) is 2.41. The second-order valence-electron chi connectivity index (χ2n) is 12.1. The molecule has 0 N–H and O–H groups in total. The maximum absolute atomic E-state index is 6.57. The Kier molecular flexibility index (Phi) is 6.84. The van der Waals surface area contributed by atoms with Gasteiger partial charge in [0.15, 0.2) is 0 Å². The van der Waals surface area contributed by atoms with E-state index in [-0.39, 0.29) is 0 Å². The van der Waals surface area contributed by atoms with Crippen LogP contribution in [0.4, 0.5) is 17.1 Å². The summed E-state index contributed by atoms with van der Waals surface area (Å²) in [5, 5.41) is 4.70. The molecule has 0 amide bonds. The first-order valence-corrected chi connectivity index (χ1v) is 16.4. The fourth-order valence-electron chi connectivity index (χ4n) is 7.05. The fraction of sp³-hybridized carbons (Fsp3) is 0. The van der Waals surface area contributed by atoms with Gasteiger partial charge in [0.1, 0.15) is 11.2 Å². The van der Waals surface area contributed by atoms with Crippen LogP contribution in [0, 0.1) is 0 Å². The molecule has 226 valence electrons. The number of furan rings is 1. The lowest BCUT2D eigenvalue weighted by Gasteiger charge is -2.30. The molecule has 1 heterocycles. The van der Waals surface area contributed by atoms with Crippen LogP contribution in [0.2, 0.25) is 0 Å². The van der Waals surface area contributed by atoms with Crippen molar-refractivity contribution in [3.05, 3.63) is 188 Å². The summed E-state index contributed by atoms with van der Waals surface area (Å²) in [6.45, 7) is 0. The van der Waals surface area contributed by atoms with Gasteiger partial charge in [-0.2, -0.15) is 0 Å². The fourth-order valence-corrected chi connectivity index (χ4v) is 7.05. The van der Waals surface area contributed by atoms with Crippen molar-refractivity contribution in [2.24, 2.45) is 0 Å². The van der Waals surface area contributed by atoms with Crippen LogP contribution in [0.3, 0.4) is 0 Å². The lowest BCUT2D eigenvalue weighted by molar-refractivity contribution is 0.670. The Morgan fingerprint density at radius 2 is 0.854 bits per heavy atom. The van der Waals surface area contributed by atoms with Gasteiger partial charge >= 0.3 is 0 Å². The highest BCUT2D eigenvalue weighted by molar-refractivity contribution is 6.11. The maximum atomic E-state index is 6.57. The molecule has 0 spiro atoms. The van der Waals surface area contributed by atoms with E-state index in [4.69, 9.17) is 4.42 Å². The molecule has 0 aliphatic carbocycles. The standard InChI is InChI=1S/C46H31NO/c1-2-14-32(15-3-1)33-28-30-35(31-29-33)47(43-25-9-6-19-38(43)37-22-12-17-34-16-4-5-18-36(34)37)44-26-10-7-20-39(44)41-23-13-24-42-40-21-8-11-27-45(40)48-46(41)42/h1-31H. The van der Waals surface area contributed by atoms with E-state index in [1.165, 1.54) is 27.5 Å². The molecule has 9 aromatic rings. The second-order valence-corrected chi connectivity index (χ2v) is 12.1. The largest absolute Gasteiger partial charge is 0.455 e. The number of anilines is 3. The van der Waals surface area contributed by atoms with Crippen molar-refractivity contribution in [2.45, 2.75) is 0 Å². The summed E-state index contributed by atoms with van der Waals surface area (Å²) < 4.78 is 6.57. The van der Waals surface area contributed by atoms with Crippen molar-refractivity contribution in [1.29, 1.82) is 0 Å². The van der Waals surface area contributed by atoms with Crippen LogP contribution >= 0.6 is 0 Å². The van der Waals surface area contributed by atoms with Crippen molar-refractivity contribution in [1.82, 2.24) is 0 Å². The molecule has 0 saturated carbocycles. The highest BCUT2D eigenvalue weighted by atomic mass is 16.3. The third kappa shape index (κ3) is 4.74. The molecule has 0 aliphatic rings. The summed E-state index contributed by atoms with van der Waals surface area (Å²) in [6, 6.07) is 66.9. The topological polar surface area (TPSA) is 16.4 Å². The molecule has 9 rings (SSSR count). The van der Waals surface area contributed by atoms with E-state index in [0.29, 0.717) is 0 Å². The number of benzene rings is 8. The van der Waals surface area contributed by atoms with Crippen molar-refractivity contribution in [3.8, 4) is 33.4 Å². The van der Waals surface area contributed by atoms with Crippen LogP contribution in [-0.2, 0) is 0 Å². The Balaban J connectivity index is 1.30. The summed E-state index contributed by atoms with van der Waals surface area (Å²) in [5.74, 6) is 0. The Labute approximate surface area is 279 Å². The van der Waals surface area contributed by atoms with Gasteiger partial charge in [-0.15, -0.1) is 0 Å². The number of hydrogen-bond donors (Lipinski definition) is 0. The van der Waals surface area contributed by atoms with E-state index in [0.717, 1.165) is 55.7 Å². The lowest BCUT2D eigenvalue weighted by atomic mass is 9.95. The van der Waals surface area contributed by atoms with E-state index < -0.39 is 0 Å². The highest BCUT2D eigenvalue weighted by Crippen LogP contribution is 2.47. The highest BCUT2D eigenvalue weighted by Gasteiger charge is 2.23. The molecule has 8 aromatic carbocycles. The van der Waals surface area contributed by atoms with Crippen LogP contribution in [-0.4, -0.2) is 0 Å². The van der Waals surface area contributed by atoms with Crippen molar-refractivity contribution < 1.29 is 4.42 Å². The van der Waals surface area contributed by atoms with E-state index in [2.05, 4.69) is 181 Å². The first kappa shape index (κ1) is 27.9. The first-order chi connectivity index (χ1) is 23.8. The normalized spacial score (nSPS) is 11.3. The Morgan fingerprint density at radius 1 is 0.333 bits per heavy atom. The Bertz CT molecular complexity index is 2560. The minimum absolute atomic E-state index is 0.895. The van der Waals surface area contributed by atoms with Crippen LogP contribution in [0.5, 0.6) is 0 Å². The van der Waals surface area contributed by atoms with Gasteiger partial charge in [-0.05, 0) is 57.8 Å². The summed E-state index contributed by atoms with van der Waals surface area (Å²) in [7, 11) is 0. The zero-order chi connectivity index (χ0) is 31.9. The van der Waals surface area contributed by atoms with Gasteiger partial charge in [-0.25, -0.2) is 0 Å². The average Bonchev–Trinajstić information content (AvgIpc) is 3.55. The number of para-hydroxylation sites is 4. The maximum Gasteiger partial charge on any atom is 0.143 e. The number of nitrogens with zero attached hydrogens (tertiary/aromatic N) is 1. The van der Waals surface area contributed by atoms with Crippen molar-refractivity contribution >= 4 is 49.8 Å². The minimum atomic E-state index is 0.895. The molecule has 0 atom stereocenters. The predicted molar refractivity (Wildman–Crippen MR) is 202 cm³/mol. The van der Waals surface area contributed by atoms with Gasteiger partial charge in [-0.1, -0.05) is 158 Å². The Morgan fingerprint density at radius 3 is 1.65 bits per heavy atom. The molecule has 0 bridgehead atoms. The zero-order valence-corrected chi connectivity index (χ0v) is 26.3. The zero-order valence-electron chi connectivity index (χ0n) is 26.3. The minimum Gasteiger partial charge on any atom is -0.455 e. The smallest absolute Gasteiger partial charge is 0.143 e. The molecule has 0 radical (unpaired) electrons. The van der Waals surface area contributed by atoms with Gasteiger partial charge in [0.25, 0.3) is 0 Å². The summed E-state index contributed by atoms with van der Waals surface area (Å²) in [6.07, 6.45) is 0. The molecule has 2 heteroatoms. The third-order valence-corrected chi connectivity index (χ3v) is 9.30.